The Balaban J connectivity index is 1.87. The van der Waals surface area contributed by atoms with E-state index in [9.17, 15) is 18.4 Å². The Hall–Kier alpha value is -4.26. The summed E-state index contributed by atoms with van der Waals surface area (Å²) in [7, 11) is 0. The van der Waals surface area contributed by atoms with Crippen LogP contribution in [0.4, 0.5) is 14.5 Å². The number of nitrogens with one attached hydrogen (secondary N) is 1. The van der Waals surface area contributed by atoms with Gasteiger partial charge in [-0.1, -0.05) is 48.5 Å². The summed E-state index contributed by atoms with van der Waals surface area (Å²) in [6.45, 7) is 2.12. The molecule has 0 saturated carbocycles. The summed E-state index contributed by atoms with van der Waals surface area (Å²) in [5.41, 5.74) is 2.16. The Bertz CT molecular complexity index is 1330. The molecule has 7 heteroatoms. The minimum Gasteiger partial charge on any atom is -0.461 e. The molecule has 172 valence electrons. The van der Waals surface area contributed by atoms with Gasteiger partial charge in [0.1, 0.15) is 11.6 Å². The van der Waals surface area contributed by atoms with Gasteiger partial charge in [0.25, 0.3) is 5.91 Å². The van der Waals surface area contributed by atoms with Crippen molar-refractivity contribution in [1.82, 2.24) is 4.57 Å². The van der Waals surface area contributed by atoms with Gasteiger partial charge in [-0.2, -0.15) is 0 Å². The number of carbonyl (C=O) groups is 2. The maximum absolute atomic E-state index is 14.1. The lowest BCUT2D eigenvalue weighted by molar-refractivity contribution is 0.0515. The number of benzene rings is 3. The lowest BCUT2D eigenvalue weighted by Crippen LogP contribution is -2.18. The van der Waals surface area contributed by atoms with Crippen LogP contribution in [0, 0.1) is 11.6 Å². The highest BCUT2D eigenvalue weighted by molar-refractivity contribution is 6.10. The molecule has 4 aromatic rings. The maximum Gasteiger partial charge on any atom is 0.357 e. The second-order valence-electron chi connectivity index (χ2n) is 7.58. The molecular weight excluding hydrogens is 438 g/mol. The second kappa shape index (κ2) is 10.1. The summed E-state index contributed by atoms with van der Waals surface area (Å²) in [5.74, 6) is -2.28. The number of nitrogens with zero attached hydrogens (tertiary/aromatic N) is 1. The average molecular weight is 460 g/mol. The zero-order chi connectivity index (χ0) is 24.1. The Kier molecular flexibility index (Phi) is 6.82. The van der Waals surface area contributed by atoms with Crippen molar-refractivity contribution in [1.29, 1.82) is 0 Å². The van der Waals surface area contributed by atoms with E-state index in [-0.39, 0.29) is 23.6 Å². The molecule has 0 radical (unpaired) electrons. The van der Waals surface area contributed by atoms with E-state index in [4.69, 9.17) is 4.74 Å². The molecule has 0 saturated heterocycles. The highest BCUT2D eigenvalue weighted by Crippen LogP contribution is 2.35. The minimum absolute atomic E-state index is 0.0795. The van der Waals surface area contributed by atoms with Crippen molar-refractivity contribution < 1.29 is 23.1 Å². The number of amides is 1. The fourth-order valence-electron chi connectivity index (χ4n) is 3.70. The number of carbonyl (C=O) groups excluding carboxylic acids is 2. The SMILES string of the molecule is CCOC(=O)c1c(NC(=O)c2cccc(F)c2)c(-c2cccc(F)c2)cn1Cc1ccccc1. The van der Waals surface area contributed by atoms with Crippen LogP contribution in [0.5, 0.6) is 0 Å². The van der Waals surface area contributed by atoms with Crippen molar-refractivity contribution in [3.05, 3.63) is 114 Å². The Labute approximate surface area is 195 Å². The lowest BCUT2D eigenvalue weighted by atomic mass is 10.1. The number of halogens is 2. The van der Waals surface area contributed by atoms with Crippen molar-refractivity contribution in [3.8, 4) is 11.1 Å². The largest absolute Gasteiger partial charge is 0.461 e. The molecule has 0 aliphatic rings. The van der Waals surface area contributed by atoms with Gasteiger partial charge in [0.2, 0.25) is 0 Å². The molecule has 0 spiro atoms. The average Bonchev–Trinajstić information content (AvgIpc) is 3.17. The van der Waals surface area contributed by atoms with E-state index in [1.807, 2.05) is 30.3 Å². The van der Waals surface area contributed by atoms with Crippen LogP contribution in [-0.4, -0.2) is 23.1 Å². The molecule has 1 aromatic heterocycles. The first-order valence-corrected chi connectivity index (χ1v) is 10.7. The van der Waals surface area contributed by atoms with Crippen molar-refractivity contribution in [2.75, 3.05) is 11.9 Å². The lowest BCUT2D eigenvalue weighted by Gasteiger charge is -2.12. The van der Waals surface area contributed by atoms with Gasteiger partial charge in [0.15, 0.2) is 5.69 Å². The number of hydrogen-bond acceptors (Lipinski definition) is 3. The number of anilines is 1. The quantitative estimate of drug-likeness (QED) is 0.349. The van der Waals surface area contributed by atoms with Crippen LogP contribution in [0.2, 0.25) is 0 Å². The van der Waals surface area contributed by atoms with Gasteiger partial charge in [-0.15, -0.1) is 0 Å². The Morgan fingerprint density at radius 2 is 1.62 bits per heavy atom. The van der Waals surface area contributed by atoms with Crippen LogP contribution in [0.25, 0.3) is 11.1 Å². The molecule has 0 aliphatic carbocycles. The van der Waals surface area contributed by atoms with Crippen LogP contribution in [0.1, 0.15) is 33.3 Å². The van der Waals surface area contributed by atoms with Crippen LogP contribution in [0.15, 0.2) is 85.1 Å². The summed E-state index contributed by atoms with van der Waals surface area (Å²) in [5, 5.41) is 2.74. The molecular formula is C27H22F2N2O3. The fourth-order valence-corrected chi connectivity index (χ4v) is 3.70. The molecule has 4 rings (SSSR count). The molecule has 1 heterocycles. The zero-order valence-corrected chi connectivity index (χ0v) is 18.4. The summed E-state index contributed by atoms with van der Waals surface area (Å²) >= 11 is 0. The molecule has 0 aliphatic heterocycles. The standard InChI is InChI=1S/C27H22F2N2O3/c1-2-34-27(33)25-24(30-26(32)20-11-7-13-22(29)15-20)23(19-10-6-12-21(28)14-19)17-31(25)16-18-8-4-3-5-9-18/h3-15,17H,2,16H2,1H3,(H,30,32). The fraction of sp³-hybridized carbons (Fsp3) is 0.111. The van der Waals surface area contributed by atoms with Crippen LogP contribution < -0.4 is 5.32 Å². The van der Waals surface area contributed by atoms with E-state index in [0.29, 0.717) is 17.7 Å². The predicted molar refractivity (Wildman–Crippen MR) is 126 cm³/mol. The van der Waals surface area contributed by atoms with Gasteiger partial charge in [-0.05, 0) is 48.4 Å². The van der Waals surface area contributed by atoms with Gasteiger partial charge in [0, 0.05) is 23.9 Å². The third-order valence-electron chi connectivity index (χ3n) is 5.20. The number of rotatable bonds is 7. The van der Waals surface area contributed by atoms with E-state index >= 15 is 0 Å². The Morgan fingerprint density at radius 1 is 0.912 bits per heavy atom. The number of ether oxygens (including phenoxy) is 1. The number of hydrogen-bond donors (Lipinski definition) is 1. The highest BCUT2D eigenvalue weighted by Gasteiger charge is 2.26. The molecule has 0 unspecified atom stereocenters. The van der Waals surface area contributed by atoms with E-state index in [1.165, 1.54) is 30.3 Å². The zero-order valence-electron chi connectivity index (χ0n) is 18.4. The molecule has 0 fully saturated rings. The molecule has 5 nitrogen and oxygen atoms in total. The van der Waals surface area contributed by atoms with Crippen molar-refractivity contribution >= 4 is 17.6 Å². The molecule has 1 N–H and O–H groups in total. The van der Waals surface area contributed by atoms with E-state index in [2.05, 4.69) is 5.32 Å². The topological polar surface area (TPSA) is 60.3 Å². The third kappa shape index (κ3) is 5.04. The van der Waals surface area contributed by atoms with Gasteiger partial charge < -0.3 is 14.6 Å². The van der Waals surface area contributed by atoms with Crippen molar-refractivity contribution in [2.45, 2.75) is 13.5 Å². The monoisotopic (exact) mass is 460 g/mol. The molecule has 3 aromatic carbocycles. The molecule has 0 atom stereocenters. The number of aromatic nitrogens is 1. The maximum atomic E-state index is 14.1. The Morgan fingerprint density at radius 3 is 2.29 bits per heavy atom. The molecule has 0 bridgehead atoms. The summed E-state index contributed by atoms with van der Waals surface area (Å²) in [6, 6.07) is 20.5. The molecule has 1 amide bonds. The highest BCUT2D eigenvalue weighted by atomic mass is 19.1. The summed E-state index contributed by atoms with van der Waals surface area (Å²) in [4.78, 5) is 26.0. The van der Waals surface area contributed by atoms with E-state index < -0.39 is 23.5 Å². The van der Waals surface area contributed by atoms with Gasteiger partial charge >= 0.3 is 5.97 Å². The van der Waals surface area contributed by atoms with Crippen LogP contribution in [0.3, 0.4) is 0 Å². The molecule has 34 heavy (non-hydrogen) atoms. The van der Waals surface area contributed by atoms with Crippen LogP contribution in [-0.2, 0) is 11.3 Å². The van der Waals surface area contributed by atoms with Crippen LogP contribution >= 0.6 is 0 Å². The minimum atomic E-state index is -0.643. The smallest absolute Gasteiger partial charge is 0.357 e. The second-order valence-corrected chi connectivity index (χ2v) is 7.58. The van der Waals surface area contributed by atoms with Crippen molar-refractivity contribution in [2.24, 2.45) is 0 Å². The summed E-state index contributed by atoms with van der Waals surface area (Å²) in [6.07, 6.45) is 1.68. The van der Waals surface area contributed by atoms with Gasteiger partial charge in [-0.25, -0.2) is 13.6 Å². The third-order valence-corrected chi connectivity index (χ3v) is 5.20. The first-order valence-electron chi connectivity index (χ1n) is 10.7. The van der Waals surface area contributed by atoms with E-state index in [0.717, 1.165) is 11.6 Å². The predicted octanol–water partition coefficient (Wildman–Crippen LogP) is 5.91. The first-order chi connectivity index (χ1) is 16.5. The van der Waals surface area contributed by atoms with Gasteiger partial charge in [0.05, 0.1) is 12.3 Å². The van der Waals surface area contributed by atoms with Crippen molar-refractivity contribution in [3.63, 3.8) is 0 Å². The van der Waals surface area contributed by atoms with Gasteiger partial charge in [-0.3, -0.25) is 4.79 Å². The normalized spacial score (nSPS) is 10.7. The number of esters is 1. The summed E-state index contributed by atoms with van der Waals surface area (Å²) < 4.78 is 34.7. The van der Waals surface area contributed by atoms with E-state index in [1.54, 1.807) is 29.8 Å². The first kappa shape index (κ1) is 22.9.